The van der Waals surface area contributed by atoms with Gasteiger partial charge in [-0.3, -0.25) is 4.68 Å². The van der Waals surface area contributed by atoms with Gasteiger partial charge >= 0.3 is 0 Å². The van der Waals surface area contributed by atoms with Crippen LogP contribution in [0, 0.1) is 0 Å². The molecule has 0 spiro atoms. The van der Waals surface area contributed by atoms with E-state index in [1.807, 2.05) is 29.8 Å². The Morgan fingerprint density at radius 1 is 1.53 bits per heavy atom. The Morgan fingerprint density at radius 2 is 2.26 bits per heavy atom. The molecular formula is C13H15BrClN3O. The molecule has 1 atom stereocenters. The number of nitrogens with two attached hydrogens (primary N) is 1. The molecule has 0 radical (unpaired) electrons. The van der Waals surface area contributed by atoms with E-state index in [0.717, 1.165) is 22.3 Å². The maximum Gasteiger partial charge on any atom is 0.161 e. The van der Waals surface area contributed by atoms with Gasteiger partial charge in [-0.05, 0) is 30.7 Å². The fourth-order valence-corrected chi connectivity index (χ4v) is 2.61. The van der Waals surface area contributed by atoms with Crippen LogP contribution in [0.3, 0.4) is 0 Å². The van der Waals surface area contributed by atoms with Crippen molar-refractivity contribution in [2.24, 2.45) is 5.73 Å². The van der Waals surface area contributed by atoms with Crippen LogP contribution in [0.5, 0.6) is 5.75 Å². The lowest BCUT2D eigenvalue weighted by molar-refractivity contribution is 0.404. The van der Waals surface area contributed by atoms with Gasteiger partial charge in [-0.25, -0.2) is 0 Å². The molecule has 6 heteroatoms. The molecule has 0 aliphatic heterocycles. The molecule has 19 heavy (non-hydrogen) atoms. The molecule has 0 saturated carbocycles. The molecule has 102 valence electrons. The molecule has 0 aliphatic carbocycles. The first-order valence-corrected chi connectivity index (χ1v) is 7.05. The number of halogens is 2. The van der Waals surface area contributed by atoms with E-state index in [4.69, 9.17) is 22.1 Å². The molecule has 4 nitrogen and oxygen atoms in total. The van der Waals surface area contributed by atoms with Crippen molar-refractivity contribution in [3.8, 4) is 5.75 Å². The van der Waals surface area contributed by atoms with Gasteiger partial charge < -0.3 is 10.5 Å². The van der Waals surface area contributed by atoms with Crippen LogP contribution in [0.1, 0.15) is 24.2 Å². The first-order valence-electron chi connectivity index (χ1n) is 5.88. The largest absolute Gasteiger partial charge is 0.493 e. The van der Waals surface area contributed by atoms with E-state index in [1.165, 1.54) is 0 Å². The van der Waals surface area contributed by atoms with Crippen LogP contribution < -0.4 is 10.5 Å². The summed E-state index contributed by atoms with van der Waals surface area (Å²) in [6.45, 7) is 2.73. The molecule has 2 aromatic rings. The third-order valence-electron chi connectivity index (χ3n) is 2.95. The number of ether oxygens (including phenoxy) is 1. The van der Waals surface area contributed by atoms with Gasteiger partial charge in [0, 0.05) is 16.0 Å². The van der Waals surface area contributed by atoms with Gasteiger partial charge in [0.15, 0.2) is 5.75 Å². The van der Waals surface area contributed by atoms with Crippen molar-refractivity contribution >= 4 is 27.5 Å². The Bertz CT molecular complexity index is 564. The van der Waals surface area contributed by atoms with E-state index in [-0.39, 0.29) is 6.04 Å². The molecule has 1 aromatic heterocycles. The van der Waals surface area contributed by atoms with Gasteiger partial charge in [-0.15, -0.1) is 0 Å². The summed E-state index contributed by atoms with van der Waals surface area (Å²) in [5.41, 5.74) is 8.00. The summed E-state index contributed by atoms with van der Waals surface area (Å²) in [6, 6.07) is 5.23. The SMILES string of the molecule is CCn1ncc(OC)c1C(N)c1cc(Br)ccc1Cl. The molecule has 0 aliphatic rings. The highest BCUT2D eigenvalue weighted by molar-refractivity contribution is 9.10. The van der Waals surface area contributed by atoms with Crippen molar-refractivity contribution in [2.45, 2.75) is 19.5 Å². The van der Waals surface area contributed by atoms with E-state index in [2.05, 4.69) is 21.0 Å². The van der Waals surface area contributed by atoms with Gasteiger partial charge in [0.2, 0.25) is 0 Å². The molecule has 0 amide bonds. The molecule has 0 fully saturated rings. The summed E-state index contributed by atoms with van der Waals surface area (Å²) in [5.74, 6) is 0.672. The maximum atomic E-state index is 6.34. The number of hydrogen-bond donors (Lipinski definition) is 1. The smallest absolute Gasteiger partial charge is 0.161 e. The zero-order chi connectivity index (χ0) is 14.0. The summed E-state index contributed by atoms with van der Waals surface area (Å²) < 4.78 is 8.08. The van der Waals surface area contributed by atoms with Gasteiger partial charge in [-0.1, -0.05) is 27.5 Å². The van der Waals surface area contributed by atoms with Crippen LogP contribution in [-0.4, -0.2) is 16.9 Å². The lowest BCUT2D eigenvalue weighted by Crippen LogP contribution is -2.18. The van der Waals surface area contributed by atoms with Crippen molar-refractivity contribution in [3.05, 3.63) is 45.1 Å². The Labute approximate surface area is 125 Å². The van der Waals surface area contributed by atoms with Crippen LogP contribution in [-0.2, 0) is 6.54 Å². The highest BCUT2D eigenvalue weighted by Gasteiger charge is 2.21. The highest BCUT2D eigenvalue weighted by Crippen LogP contribution is 2.33. The van der Waals surface area contributed by atoms with Crippen LogP contribution in [0.4, 0.5) is 0 Å². The third-order valence-corrected chi connectivity index (χ3v) is 3.79. The van der Waals surface area contributed by atoms with Gasteiger partial charge in [-0.2, -0.15) is 5.10 Å². The average Bonchev–Trinajstić information content (AvgIpc) is 2.83. The van der Waals surface area contributed by atoms with E-state index >= 15 is 0 Å². The van der Waals surface area contributed by atoms with Gasteiger partial charge in [0.1, 0.15) is 5.69 Å². The van der Waals surface area contributed by atoms with Gasteiger partial charge in [0.25, 0.3) is 0 Å². The minimum Gasteiger partial charge on any atom is -0.493 e. The highest BCUT2D eigenvalue weighted by atomic mass is 79.9. The number of hydrogen-bond acceptors (Lipinski definition) is 3. The predicted molar refractivity (Wildman–Crippen MR) is 79.6 cm³/mol. The predicted octanol–water partition coefficient (Wildman–Crippen LogP) is 3.38. The number of rotatable bonds is 4. The van der Waals surface area contributed by atoms with Crippen molar-refractivity contribution in [2.75, 3.05) is 7.11 Å². The Balaban J connectivity index is 2.51. The molecular weight excluding hydrogens is 330 g/mol. The number of nitrogens with zero attached hydrogens (tertiary/aromatic N) is 2. The fraction of sp³-hybridized carbons (Fsp3) is 0.308. The lowest BCUT2D eigenvalue weighted by Gasteiger charge is -2.17. The zero-order valence-electron chi connectivity index (χ0n) is 10.7. The maximum absolute atomic E-state index is 6.34. The second kappa shape index (κ2) is 5.94. The first-order chi connectivity index (χ1) is 9.08. The monoisotopic (exact) mass is 343 g/mol. The molecule has 2 N–H and O–H groups in total. The standard InChI is InChI=1S/C13H15BrClN3O/c1-3-18-13(11(19-2)7-17-18)12(16)9-6-8(14)4-5-10(9)15/h4-7,12H,3,16H2,1-2H3. The lowest BCUT2D eigenvalue weighted by atomic mass is 10.0. The van der Waals surface area contributed by atoms with E-state index in [1.54, 1.807) is 13.3 Å². The first kappa shape index (κ1) is 14.4. The summed E-state index contributed by atoms with van der Waals surface area (Å²) in [6.07, 6.45) is 1.67. The number of methoxy groups -OCH3 is 1. The topological polar surface area (TPSA) is 53.1 Å². The van der Waals surface area contributed by atoms with Crippen LogP contribution in [0.2, 0.25) is 5.02 Å². The Kier molecular flexibility index (Phi) is 4.50. The molecule has 1 heterocycles. The zero-order valence-corrected chi connectivity index (χ0v) is 13.1. The molecule has 0 bridgehead atoms. The minimum atomic E-state index is -0.387. The Morgan fingerprint density at radius 3 is 2.89 bits per heavy atom. The second-order valence-electron chi connectivity index (χ2n) is 4.06. The van der Waals surface area contributed by atoms with Crippen molar-refractivity contribution < 1.29 is 4.74 Å². The summed E-state index contributed by atoms with van der Waals surface area (Å²) in [7, 11) is 1.61. The van der Waals surface area contributed by atoms with Crippen LogP contribution in [0.25, 0.3) is 0 Å². The van der Waals surface area contributed by atoms with Crippen molar-refractivity contribution in [1.82, 2.24) is 9.78 Å². The summed E-state index contributed by atoms with van der Waals surface area (Å²) >= 11 is 9.66. The molecule has 1 aromatic carbocycles. The summed E-state index contributed by atoms with van der Waals surface area (Å²) in [5, 5.41) is 4.89. The van der Waals surface area contributed by atoms with Crippen LogP contribution in [0.15, 0.2) is 28.9 Å². The molecule has 2 rings (SSSR count). The molecule has 0 saturated heterocycles. The third kappa shape index (κ3) is 2.78. The van der Waals surface area contributed by atoms with E-state index in [0.29, 0.717) is 10.8 Å². The van der Waals surface area contributed by atoms with E-state index in [9.17, 15) is 0 Å². The van der Waals surface area contributed by atoms with E-state index < -0.39 is 0 Å². The van der Waals surface area contributed by atoms with Gasteiger partial charge in [0.05, 0.1) is 19.3 Å². The van der Waals surface area contributed by atoms with Crippen molar-refractivity contribution in [3.63, 3.8) is 0 Å². The number of benzene rings is 1. The number of aryl methyl sites for hydroxylation is 1. The Hall–Kier alpha value is -1.04. The average molecular weight is 345 g/mol. The minimum absolute atomic E-state index is 0.387. The fourth-order valence-electron chi connectivity index (χ4n) is 2.00. The van der Waals surface area contributed by atoms with Crippen LogP contribution >= 0.6 is 27.5 Å². The van der Waals surface area contributed by atoms with Crippen molar-refractivity contribution in [1.29, 1.82) is 0 Å². The molecule has 1 unspecified atom stereocenters. The quantitative estimate of drug-likeness (QED) is 0.925. The normalized spacial score (nSPS) is 12.5. The second-order valence-corrected chi connectivity index (χ2v) is 5.38. The summed E-state index contributed by atoms with van der Waals surface area (Å²) in [4.78, 5) is 0. The number of aromatic nitrogens is 2.